The van der Waals surface area contributed by atoms with E-state index in [4.69, 9.17) is 0 Å². The lowest BCUT2D eigenvalue weighted by atomic mass is 9.80. The van der Waals surface area contributed by atoms with Crippen molar-refractivity contribution in [3.8, 4) is 0 Å². The van der Waals surface area contributed by atoms with Crippen molar-refractivity contribution in [2.24, 2.45) is 22.7 Å². The van der Waals surface area contributed by atoms with E-state index in [1.54, 1.807) is 7.05 Å². The molecule has 0 aromatic rings. The quantitative estimate of drug-likeness (QED) is 0.679. The second kappa shape index (κ2) is 7.42. The van der Waals surface area contributed by atoms with Crippen LogP contribution in [0.25, 0.3) is 0 Å². The molecule has 0 aliphatic carbocycles. The average Bonchev–Trinajstić information content (AvgIpc) is 2.21. The largest absolute Gasteiger partial charge is 0.481 e. The second-order valence-electron chi connectivity index (χ2n) is 4.83. The monoisotopic (exact) mass is 227 g/mol. The van der Waals surface area contributed by atoms with E-state index in [1.165, 1.54) is 0 Å². The molecule has 0 rings (SSSR count). The van der Waals surface area contributed by atoms with Gasteiger partial charge in [0, 0.05) is 18.7 Å². The van der Waals surface area contributed by atoms with Gasteiger partial charge < -0.3 is 5.11 Å². The van der Waals surface area contributed by atoms with E-state index >= 15 is 0 Å². The third-order valence-electron chi connectivity index (χ3n) is 3.02. The van der Waals surface area contributed by atoms with Crippen molar-refractivity contribution in [1.82, 2.24) is 0 Å². The Balaban J connectivity index is 4.88. The van der Waals surface area contributed by atoms with Gasteiger partial charge in [-0.3, -0.25) is 9.79 Å². The first kappa shape index (κ1) is 15.1. The van der Waals surface area contributed by atoms with Crippen LogP contribution in [0.4, 0.5) is 0 Å². The molecule has 0 saturated carbocycles. The van der Waals surface area contributed by atoms with Gasteiger partial charge in [0.05, 0.1) is 5.92 Å². The van der Waals surface area contributed by atoms with Crippen molar-refractivity contribution in [2.45, 2.75) is 47.0 Å². The number of nitrogens with zero attached hydrogens (tertiary/aromatic N) is 1. The van der Waals surface area contributed by atoms with Crippen LogP contribution >= 0.6 is 0 Å². The highest BCUT2D eigenvalue weighted by Crippen LogP contribution is 2.26. The van der Waals surface area contributed by atoms with Gasteiger partial charge >= 0.3 is 5.97 Å². The van der Waals surface area contributed by atoms with Gasteiger partial charge in [0.15, 0.2) is 0 Å². The van der Waals surface area contributed by atoms with Gasteiger partial charge in [0.1, 0.15) is 0 Å². The van der Waals surface area contributed by atoms with Crippen molar-refractivity contribution < 1.29 is 9.90 Å². The minimum atomic E-state index is -0.685. The summed E-state index contributed by atoms with van der Waals surface area (Å²) in [6.45, 7) is 8.22. The Bertz CT molecular complexity index is 246. The zero-order valence-electron chi connectivity index (χ0n) is 11.2. The molecule has 0 fully saturated rings. The summed E-state index contributed by atoms with van der Waals surface area (Å²) < 4.78 is 0. The summed E-state index contributed by atoms with van der Waals surface area (Å²) >= 11 is 0. The van der Waals surface area contributed by atoms with Gasteiger partial charge in [-0.25, -0.2) is 0 Å². The van der Waals surface area contributed by atoms with E-state index in [0.29, 0.717) is 5.92 Å². The fourth-order valence-electron chi connectivity index (χ4n) is 2.11. The predicted octanol–water partition coefficient (Wildman–Crippen LogP) is 3.24. The normalized spacial score (nSPS) is 16.2. The summed E-state index contributed by atoms with van der Waals surface area (Å²) in [4.78, 5) is 15.5. The molecule has 0 saturated heterocycles. The summed E-state index contributed by atoms with van der Waals surface area (Å²) in [6, 6.07) is 0. The van der Waals surface area contributed by atoms with Crippen LogP contribution in [0.3, 0.4) is 0 Å². The fraction of sp³-hybridized carbons (Fsp3) is 0.846. The van der Waals surface area contributed by atoms with Crippen LogP contribution in [-0.4, -0.2) is 23.8 Å². The first-order valence-electron chi connectivity index (χ1n) is 6.10. The Morgan fingerprint density at radius 2 is 1.88 bits per heavy atom. The molecule has 0 bridgehead atoms. The number of hydrogen-bond donors (Lipinski definition) is 1. The predicted molar refractivity (Wildman–Crippen MR) is 68.0 cm³/mol. The Labute approximate surface area is 99.0 Å². The van der Waals surface area contributed by atoms with E-state index in [0.717, 1.165) is 25.0 Å². The third kappa shape index (κ3) is 4.77. The number of hydrogen-bond acceptors (Lipinski definition) is 2. The number of rotatable bonds is 7. The van der Waals surface area contributed by atoms with E-state index in [1.807, 2.05) is 13.8 Å². The molecule has 3 nitrogen and oxygen atoms in total. The maximum absolute atomic E-state index is 11.3. The Morgan fingerprint density at radius 3 is 2.19 bits per heavy atom. The minimum Gasteiger partial charge on any atom is -0.481 e. The number of aliphatic carboxylic acids is 1. The number of carbonyl (C=O) groups is 1. The molecule has 3 heteroatoms. The lowest BCUT2D eigenvalue weighted by Crippen LogP contribution is -2.30. The van der Waals surface area contributed by atoms with Gasteiger partial charge in [-0.05, 0) is 25.7 Å². The molecule has 2 atom stereocenters. The van der Waals surface area contributed by atoms with Crippen molar-refractivity contribution in [3.63, 3.8) is 0 Å². The lowest BCUT2D eigenvalue weighted by Gasteiger charge is -2.25. The van der Waals surface area contributed by atoms with E-state index in [-0.39, 0.29) is 11.8 Å². The Morgan fingerprint density at radius 1 is 1.31 bits per heavy atom. The van der Waals surface area contributed by atoms with E-state index in [2.05, 4.69) is 18.8 Å². The fourth-order valence-corrected chi connectivity index (χ4v) is 2.11. The van der Waals surface area contributed by atoms with Crippen LogP contribution in [0.15, 0.2) is 4.99 Å². The standard InChI is InChI=1S/C13H25NO2/c1-6-7-11(13(15)16)12(8-9(2)3)10(4)14-5/h9,11-12H,6-8H2,1-5H3,(H,15,16)/t11-,12+/m0/s1. The summed E-state index contributed by atoms with van der Waals surface area (Å²) in [5.74, 6) is -0.380. The topological polar surface area (TPSA) is 49.7 Å². The molecule has 1 N–H and O–H groups in total. The molecule has 0 unspecified atom stereocenters. The Kier molecular flexibility index (Phi) is 7.02. The number of carboxylic acid groups (broad SMARTS) is 1. The molecule has 94 valence electrons. The van der Waals surface area contributed by atoms with Crippen LogP contribution in [0.5, 0.6) is 0 Å². The molecule has 16 heavy (non-hydrogen) atoms. The number of carboxylic acids is 1. The van der Waals surface area contributed by atoms with Gasteiger partial charge in [0.2, 0.25) is 0 Å². The number of aliphatic imine (C=N–C) groups is 1. The zero-order valence-corrected chi connectivity index (χ0v) is 11.2. The highest BCUT2D eigenvalue weighted by molar-refractivity contribution is 5.88. The zero-order chi connectivity index (χ0) is 12.7. The molecule has 0 amide bonds. The SMILES string of the molecule is CCC[C@H](C(=O)O)[C@H](CC(C)C)C(C)=NC. The molecule has 0 aromatic carbocycles. The van der Waals surface area contributed by atoms with E-state index in [9.17, 15) is 9.90 Å². The third-order valence-corrected chi connectivity index (χ3v) is 3.02. The average molecular weight is 227 g/mol. The first-order valence-corrected chi connectivity index (χ1v) is 6.10. The molecule has 0 radical (unpaired) electrons. The molecular formula is C13H25NO2. The van der Waals surface area contributed by atoms with Gasteiger partial charge in [0.25, 0.3) is 0 Å². The summed E-state index contributed by atoms with van der Waals surface area (Å²) in [5.41, 5.74) is 0.967. The maximum atomic E-state index is 11.3. The lowest BCUT2D eigenvalue weighted by molar-refractivity contribution is -0.143. The maximum Gasteiger partial charge on any atom is 0.307 e. The molecular weight excluding hydrogens is 202 g/mol. The summed E-state index contributed by atoms with van der Waals surface area (Å²) in [5, 5.41) is 9.28. The highest BCUT2D eigenvalue weighted by atomic mass is 16.4. The molecule has 0 spiro atoms. The molecule has 0 aliphatic rings. The van der Waals surface area contributed by atoms with Crippen LogP contribution in [-0.2, 0) is 4.79 Å². The smallest absolute Gasteiger partial charge is 0.307 e. The van der Waals surface area contributed by atoms with E-state index < -0.39 is 5.97 Å². The molecule has 0 aromatic heterocycles. The summed E-state index contributed by atoms with van der Waals surface area (Å²) in [7, 11) is 1.74. The Hall–Kier alpha value is -0.860. The minimum absolute atomic E-state index is 0.0856. The summed E-state index contributed by atoms with van der Waals surface area (Å²) in [6.07, 6.45) is 2.54. The van der Waals surface area contributed by atoms with Crippen molar-refractivity contribution in [3.05, 3.63) is 0 Å². The molecule has 0 heterocycles. The highest BCUT2D eigenvalue weighted by Gasteiger charge is 2.29. The van der Waals surface area contributed by atoms with Crippen molar-refractivity contribution >= 4 is 11.7 Å². The van der Waals surface area contributed by atoms with Gasteiger partial charge in [-0.15, -0.1) is 0 Å². The first-order chi connectivity index (χ1) is 7.43. The van der Waals surface area contributed by atoms with Crippen LogP contribution in [0, 0.1) is 17.8 Å². The van der Waals surface area contributed by atoms with Crippen LogP contribution in [0.2, 0.25) is 0 Å². The van der Waals surface area contributed by atoms with Crippen LogP contribution in [0.1, 0.15) is 47.0 Å². The van der Waals surface area contributed by atoms with Gasteiger partial charge in [-0.1, -0.05) is 27.2 Å². The van der Waals surface area contributed by atoms with Gasteiger partial charge in [-0.2, -0.15) is 0 Å². The van der Waals surface area contributed by atoms with Crippen molar-refractivity contribution in [2.75, 3.05) is 7.05 Å². The second-order valence-corrected chi connectivity index (χ2v) is 4.83. The van der Waals surface area contributed by atoms with Crippen molar-refractivity contribution in [1.29, 1.82) is 0 Å². The van der Waals surface area contributed by atoms with Crippen LogP contribution < -0.4 is 0 Å². The molecule has 0 aliphatic heterocycles.